The van der Waals surface area contributed by atoms with Crippen LogP contribution in [-0.2, 0) is 16.1 Å². The molecule has 46 heavy (non-hydrogen) atoms. The fraction of sp³-hybridized carbons (Fsp3) is 0.471. The zero-order chi connectivity index (χ0) is 32.8. The van der Waals surface area contributed by atoms with Gasteiger partial charge in [-0.3, -0.25) is 9.69 Å². The van der Waals surface area contributed by atoms with E-state index in [0.717, 1.165) is 11.6 Å². The molecule has 12 heteroatoms. The van der Waals surface area contributed by atoms with Crippen molar-refractivity contribution in [2.45, 2.75) is 51.3 Å². The molecular formula is C34H38F5N3O4. The molecule has 0 atom stereocenters. The van der Waals surface area contributed by atoms with Crippen molar-refractivity contribution >= 4 is 11.8 Å². The van der Waals surface area contributed by atoms with Crippen LogP contribution >= 0.6 is 0 Å². The zero-order valence-corrected chi connectivity index (χ0v) is 25.9. The standard InChI is InChI=1S/C34H38F5N3O4/c1-3-45-33(43)23-11-15-42(16-12-23)31-6-4-5-29(40-31)27-18-26(35)19-28(36)32(27)46-20-25-8-7-24(17-30(25)44-2)22-9-13-41(14-10-22)21-34(37,38)39/h4-8,17-19,22-23H,3,9-16,20-21H2,1-2H3. The van der Waals surface area contributed by atoms with Gasteiger partial charge >= 0.3 is 12.1 Å². The van der Waals surface area contributed by atoms with Gasteiger partial charge in [0.25, 0.3) is 0 Å². The topological polar surface area (TPSA) is 64.1 Å². The molecule has 0 radical (unpaired) electrons. The SMILES string of the molecule is CCOC(=O)C1CCN(c2cccc(-c3cc(F)cc(F)c3OCc3ccc(C4CCN(CC(F)(F)F)CC4)cc3OC)n2)CC1. The molecule has 5 rings (SSSR count). The summed E-state index contributed by atoms with van der Waals surface area (Å²) >= 11 is 0. The van der Waals surface area contributed by atoms with Crippen LogP contribution in [0.25, 0.3) is 11.3 Å². The van der Waals surface area contributed by atoms with Crippen LogP contribution in [-0.4, -0.2) is 68.5 Å². The number of nitrogens with zero attached hydrogens (tertiary/aromatic N) is 3. The minimum absolute atomic E-state index is 0.0793. The number of aromatic nitrogens is 1. The molecular weight excluding hydrogens is 609 g/mol. The number of likely N-dealkylation sites (tertiary alicyclic amines) is 1. The number of hydrogen-bond donors (Lipinski definition) is 0. The number of alkyl halides is 3. The Balaban J connectivity index is 1.29. The molecule has 2 aliphatic rings. The Kier molecular flexibility index (Phi) is 10.7. The van der Waals surface area contributed by atoms with E-state index in [-0.39, 0.29) is 35.7 Å². The molecule has 0 saturated carbocycles. The summed E-state index contributed by atoms with van der Waals surface area (Å²) in [5.41, 5.74) is 2.06. The lowest BCUT2D eigenvalue weighted by Crippen LogP contribution is -2.39. The third-order valence-corrected chi connectivity index (χ3v) is 8.60. The predicted octanol–water partition coefficient (Wildman–Crippen LogP) is 7.14. The Labute approximate surface area is 265 Å². The van der Waals surface area contributed by atoms with Gasteiger partial charge in [0.1, 0.15) is 24.0 Å². The van der Waals surface area contributed by atoms with Gasteiger partial charge in [-0.2, -0.15) is 13.2 Å². The molecule has 2 aromatic carbocycles. The van der Waals surface area contributed by atoms with Crippen molar-refractivity contribution in [1.82, 2.24) is 9.88 Å². The first kappa shape index (κ1) is 33.4. The van der Waals surface area contributed by atoms with Crippen molar-refractivity contribution in [1.29, 1.82) is 0 Å². The molecule has 248 valence electrons. The van der Waals surface area contributed by atoms with E-state index < -0.39 is 24.4 Å². The highest BCUT2D eigenvalue weighted by Crippen LogP contribution is 2.37. The first-order chi connectivity index (χ1) is 22.0. The van der Waals surface area contributed by atoms with Gasteiger partial charge in [-0.1, -0.05) is 18.2 Å². The van der Waals surface area contributed by atoms with E-state index in [2.05, 4.69) is 0 Å². The summed E-state index contributed by atoms with van der Waals surface area (Å²) in [5.74, 6) is -0.956. The van der Waals surface area contributed by atoms with Crippen molar-refractivity contribution in [3.8, 4) is 22.8 Å². The molecule has 2 saturated heterocycles. The van der Waals surface area contributed by atoms with E-state index in [4.69, 9.17) is 19.2 Å². The highest BCUT2D eigenvalue weighted by Gasteiger charge is 2.33. The van der Waals surface area contributed by atoms with Gasteiger partial charge in [-0.25, -0.2) is 13.8 Å². The van der Waals surface area contributed by atoms with Crippen molar-refractivity contribution in [3.63, 3.8) is 0 Å². The summed E-state index contributed by atoms with van der Waals surface area (Å²) < 4.78 is 84.8. The highest BCUT2D eigenvalue weighted by atomic mass is 19.4. The lowest BCUT2D eigenvalue weighted by molar-refractivity contribution is -0.149. The number of benzene rings is 2. The first-order valence-corrected chi connectivity index (χ1v) is 15.5. The number of carbonyl (C=O) groups is 1. The second-order valence-electron chi connectivity index (χ2n) is 11.7. The van der Waals surface area contributed by atoms with E-state index >= 15 is 4.39 Å². The normalized spacial score (nSPS) is 16.8. The number of piperidine rings is 2. The van der Waals surface area contributed by atoms with Crippen LogP contribution in [0, 0.1) is 17.6 Å². The predicted molar refractivity (Wildman–Crippen MR) is 163 cm³/mol. The van der Waals surface area contributed by atoms with Gasteiger partial charge in [0.15, 0.2) is 11.6 Å². The average Bonchev–Trinajstić information content (AvgIpc) is 3.04. The number of pyridine rings is 1. The molecule has 1 aromatic heterocycles. The molecule has 0 bridgehead atoms. The smallest absolute Gasteiger partial charge is 0.401 e. The molecule has 3 aromatic rings. The summed E-state index contributed by atoms with van der Waals surface area (Å²) in [5, 5.41) is 0. The molecule has 0 N–H and O–H groups in total. The van der Waals surface area contributed by atoms with Gasteiger partial charge in [-0.15, -0.1) is 0 Å². The van der Waals surface area contributed by atoms with Crippen molar-refractivity contribution in [2.24, 2.45) is 5.92 Å². The zero-order valence-electron chi connectivity index (χ0n) is 25.9. The number of anilines is 1. The Bertz CT molecular complexity index is 1500. The fourth-order valence-electron chi connectivity index (χ4n) is 6.21. The van der Waals surface area contributed by atoms with Gasteiger partial charge < -0.3 is 19.1 Å². The maximum atomic E-state index is 15.2. The Morgan fingerprint density at radius 2 is 1.72 bits per heavy atom. The number of methoxy groups -OCH3 is 1. The molecule has 0 spiro atoms. The molecule has 0 unspecified atom stereocenters. The first-order valence-electron chi connectivity index (χ1n) is 15.5. The van der Waals surface area contributed by atoms with E-state index in [9.17, 15) is 22.4 Å². The van der Waals surface area contributed by atoms with Gasteiger partial charge in [-0.05, 0) is 81.4 Å². The summed E-state index contributed by atoms with van der Waals surface area (Å²) in [4.78, 5) is 20.3. The largest absolute Gasteiger partial charge is 0.496 e. The molecule has 2 fully saturated rings. The van der Waals surface area contributed by atoms with Gasteiger partial charge in [0.05, 0.1) is 31.9 Å². The lowest BCUT2D eigenvalue weighted by atomic mass is 9.88. The monoisotopic (exact) mass is 647 g/mol. The Hall–Kier alpha value is -3.93. The summed E-state index contributed by atoms with van der Waals surface area (Å²) in [6.07, 6.45) is -1.80. The third-order valence-electron chi connectivity index (χ3n) is 8.60. The van der Waals surface area contributed by atoms with E-state index in [1.807, 2.05) is 23.1 Å². The van der Waals surface area contributed by atoms with Crippen LogP contribution in [0.5, 0.6) is 11.5 Å². The van der Waals surface area contributed by atoms with E-state index in [1.54, 1.807) is 25.1 Å². The average molecular weight is 648 g/mol. The fourth-order valence-corrected chi connectivity index (χ4v) is 6.21. The second-order valence-corrected chi connectivity index (χ2v) is 11.7. The summed E-state index contributed by atoms with van der Waals surface area (Å²) in [7, 11) is 1.50. The number of rotatable bonds is 10. The Morgan fingerprint density at radius 1 is 0.978 bits per heavy atom. The van der Waals surface area contributed by atoms with Crippen LogP contribution in [0.4, 0.5) is 27.8 Å². The number of carbonyl (C=O) groups excluding carboxylic acids is 1. The molecule has 0 amide bonds. The van der Waals surface area contributed by atoms with Crippen LogP contribution in [0.3, 0.4) is 0 Å². The lowest BCUT2D eigenvalue weighted by Gasteiger charge is -2.32. The van der Waals surface area contributed by atoms with Gasteiger partial charge in [0.2, 0.25) is 0 Å². The number of halogens is 5. The van der Waals surface area contributed by atoms with Crippen molar-refractivity contribution in [2.75, 3.05) is 51.3 Å². The summed E-state index contributed by atoms with van der Waals surface area (Å²) in [6.45, 7) is 3.01. The molecule has 0 aliphatic carbocycles. The summed E-state index contributed by atoms with van der Waals surface area (Å²) in [6, 6.07) is 12.7. The maximum absolute atomic E-state index is 15.2. The van der Waals surface area contributed by atoms with E-state index in [0.29, 0.717) is 81.3 Å². The molecule has 7 nitrogen and oxygen atoms in total. The number of ether oxygens (including phenoxy) is 3. The van der Waals surface area contributed by atoms with Crippen LogP contribution < -0.4 is 14.4 Å². The molecule has 3 heterocycles. The quantitative estimate of drug-likeness (QED) is 0.171. The number of esters is 1. The van der Waals surface area contributed by atoms with Crippen molar-refractivity contribution in [3.05, 3.63) is 71.3 Å². The van der Waals surface area contributed by atoms with Crippen LogP contribution in [0.15, 0.2) is 48.5 Å². The van der Waals surface area contributed by atoms with Crippen LogP contribution in [0.2, 0.25) is 0 Å². The third kappa shape index (κ3) is 8.26. The highest BCUT2D eigenvalue weighted by molar-refractivity contribution is 5.73. The second kappa shape index (κ2) is 14.7. The maximum Gasteiger partial charge on any atom is 0.401 e. The minimum atomic E-state index is -4.22. The number of hydrogen-bond acceptors (Lipinski definition) is 7. The molecule has 2 aliphatic heterocycles. The minimum Gasteiger partial charge on any atom is -0.496 e. The van der Waals surface area contributed by atoms with E-state index in [1.165, 1.54) is 18.1 Å². The Morgan fingerprint density at radius 3 is 2.39 bits per heavy atom. The van der Waals surface area contributed by atoms with Gasteiger partial charge in [0, 0.05) is 30.3 Å². The van der Waals surface area contributed by atoms with Crippen molar-refractivity contribution < 1.29 is 41.0 Å². The van der Waals surface area contributed by atoms with Crippen LogP contribution in [0.1, 0.15) is 49.7 Å².